The van der Waals surface area contributed by atoms with E-state index in [2.05, 4.69) is 15.3 Å². The largest absolute Gasteiger partial charge is 0.481 e. The third-order valence-electron chi connectivity index (χ3n) is 3.70. The standard InChI is InChI=1S/C20H18ClN3O3/c1-13-12-17(27-20-22-10-3-11-23-20)8-9-18(13)24-19(25)14(2)26-16-6-4-15(21)5-7-16/h3-12,14H,1-2H3,(H,24,25). The minimum absolute atomic E-state index is 0.256. The summed E-state index contributed by atoms with van der Waals surface area (Å²) in [6, 6.07) is 14.1. The molecule has 0 aliphatic rings. The first-order valence-electron chi connectivity index (χ1n) is 8.30. The predicted molar refractivity (Wildman–Crippen MR) is 103 cm³/mol. The lowest BCUT2D eigenvalue weighted by Crippen LogP contribution is -2.30. The summed E-state index contributed by atoms with van der Waals surface area (Å²) in [5.41, 5.74) is 1.52. The minimum Gasteiger partial charge on any atom is -0.481 e. The van der Waals surface area contributed by atoms with Crippen molar-refractivity contribution in [3.8, 4) is 17.5 Å². The number of anilines is 1. The van der Waals surface area contributed by atoms with Crippen molar-refractivity contribution in [1.29, 1.82) is 0 Å². The van der Waals surface area contributed by atoms with Gasteiger partial charge in [0.2, 0.25) is 0 Å². The van der Waals surface area contributed by atoms with E-state index in [0.717, 1.165) is 5.56 Å². The molecule has 0 saturated heterocycles. The predicted octanol–water partition coefficient (Wildman–Crippen LogP) is 4.64. The Hall–Kier alpha value is -3.12. The van der Waals surface area contributed by atoms with Crippen LogP contribution in [0.2, 0.25) is 5.02 Å². The van der Waals surface area contributed by atoms with Crippen LogP contribution in [0.25, 0.3) is 0 Å². The molecule has 1 unspecified atom stereocenters. The highest BCUT2D eigenvalue weighted by molar-refractivity contribution is 6.30. The van der Waals surface area contributed by atoms with Crippen LogP contribution in [0.5, 0.6) is 17.5 Å². The van der Waals surface area contributed by atoms with Gasteiger partial charge >= 0.3 is 6.01 Å². The van der Waals surface area contributed by atoms with Gasteiger partial charge < -0.3 is 14.8 Å². The van der Waals surface area contributed by atoms with Crippen molar-refractivity contribution in [2.45, 2.75) is 20.0 Å². The second-order valence-electron chi connectivity index (χ2n) is 5.81. The van der Waals surface area contributed by atoms with Crippen molar-refractivity contribution in [2.75, 3.05) is 5.32 Å². The number of carbonyl (C=O) groups is 1. The van der Waals surface area contributed by atoms with Gasteiger partial charge in [0.15, 0.2) is 6.10 Å². The zero-order valence-electron chi connectivity index (χ0n) is 14.8. The molecule has 1 heterocycles. The molecule has 0 aliphatic carbocycles. The van der Waals surface area contributed by atoms with E-state index >= 15 is 0 Å². The van der Waals surface area contributed by atoms with Crippen molar-refractivity contribution in [1.82, 2.24) is 9.97 Å². The molecule has 2 aromatic carbocycles. The number of aryl methyl sites for hydroxylation is 1. The molecule has 0 saturated carbocycles. The van der Waals surface area contributed by atoms with E-state index < -0.39 is 6.10 Å². The molecule has 1 atom stereocenters. The van der Waals surface area contributed by atoms with Crippen LogP contribution in [-0.2, 0) is 4.79 Å². The van der Waals surface area contributed by atoms with Crippen LogP contribution in [0.1, 0.15) is 12.5 Å². The summed E-state index contributed by atoms with van der Waals surface area (Å²) < 4.78 is 11.2. The summed E-state index contributed by atoms with van der Waals surface area (Å²) in [7, 11) is 0. The van der Waals surface area contributed by atoms with Gasteiger partial charge in [-0.05, 0) is 67.9 Å². The van der Waals surface area contributed by atoms with Gasteiger partial charge in [0.1, 0.15) is 11.5 Å². The highest BCUT2D eigenvalue weighted by atomic mass is 35.5. The molecule has 138 valence electrons. The molecule has 7 heteroatoms. The fourth-order valence-corrected chi connectivity index (χ4v) is 2.41. The number of hydrogen-bond acceptors (Lipinski definition) is 5. The molecule has 3 rings (SSSR count). The third kappa shape index (κ3) is 5.18. The second-order valence-corrected chi connectivity index (χ2v) is 6.25. The topological polar surface area (TPSA) is 73.3 Å². The number of carbonyl (C=O) groups excluding carboxylic acids is 1. The second kappa shape index (κ2) is 8.51. The van der Waals surface area contributed by atoms with Gasteiger partial charge in [-0.1, -0.05) is 11.6 Å². The normalized spacial score (nSPS) is 11.5. The number of rotatable bonds is 6. The number of halogens is 1. The molecule has 3 aromatic rings. The Balaban J connectivity index is 1.62. The maximum absolute atomic E-state index is 12.4. The zero-order chi connectivity index (χ0) is 19.2. The fraction of sp³-hybridized carbons (Fsp3) is 0.150. The van der Waals surface area contributed by atoms with Gasteiger partial charge in [0, 0.05) is 23.1 Å². The van der Waals surface area contributed by atoms with Crippen LogP contribution < -0.4 is 14.8 Å². The maximum atomic E-state index is 12.4. The monoisotopic (exact) mass is 383 g/mol. The van der Waals surface area contributed by atoms with E-state index in [-0.39, 0.29) is 11.9 Å². The van der Waals surface area contributed by atoms with Crippen LogP contribution in [0.15, 0.2) is 60.9 Å². The highest BCUT2D eigenvalue weighted by Crippen LogP contribution is 2.24. The van der Waals surface area contributed by atoms with Crippen LogP contribution in [-0.4, -0.2) is 22.0 Å². The zero-order valence-corrected chi connectivity index (χ0v) is 15.6. The third-order valence-corrected chi connectivity index (χ3v) is 3.95. The van der Waals surface area contributed by atoms with Gasteiger partial charge in [-0.25, -0.2) is 9.97 Å². The van der Waals surface area contributed by atoms with Crippen molar-refractivity contribution in [3.63, 3.8) is 0 Å². The average molecular weight is 384 g/mol. The summed E-state index contributed by atoms with van der Waals surface area (Å²) in [4.78, 5) is 20.4. The summed E-state index contributed by atoms with van der Waals surface area (Å²) in [6.07, 6.45) is 2.54. The first-order chi connectivity index (χ1) is 13.0. The van der Waals surface area contributed by atoms with Crippen LogP contribution >= 0.6 is 11.6 Å². The lowest BCUT2D eigenvalue weighted by atomic mass is 10.2. The fourth-order valence-electron chi connectivity index (χ4n) is 2.29. The van der Waals surface area contributed by atoms with E-state index in [9.17, 15) is 4.79 Å². The molecular weight excluding hydrogens is 366 g/mol. The van der Waals surface area contributed by atoms with Crippen molar-refractivity contribution >= 4 is 23.2 Å². The number of amides is 1. The summed E-state index contributed by atoms with van der Waals surface area (Å²) in [5, 5.41) is 3.47. The van der Waals surface area contributed by atoms with Crippen molar-refractivity contribution in [3.05, 3.63) is 71.5 Å². The molecule has 0 fully saturated rings. The number of benzene rings is 2. The van der Waals surface area contributed by atoms with E-state index in [1.54, 1.807) is 67.8 Å². The minimum atomic E-state index is -0.667. The quantitative estimate of drug-likeness (QED) is 0.671. The summed E-state index contributed by atoms with van der Waals surface area (Å²) in [5.74, 6) is 0.903. The average Bonchev–Trinajstić information content (AvgIpc) is 2.66. The summed E-state index contributed by atoms with van der Waals surface area (Å²) >= 11 is 5.85. The van der Waals surface area contributed by atoms with Gasteiger partial charge in [-0.2, -0.15) is 0 Å². The molecule has 0 bridgehead atoms. The highest BCUT2D eigenvalue weighted by Gasteiger charge is 2.16. The number of nitrogens with one attached hydrogen (secondary N) is 1. The van der Waals surface area contributed by atoms with Gasteiger partial charge in [-0.15, -0.1) is 0 Å². The molecular formula is C20H18ClN3O3. The van der Waals surface area contributed by atoms with Crippen LogP contribution in [0.4, 0.5) is 5.69 Å². The Labute approximate surface area is 162 Å². The lowest BCUT2D eigenvalue weighted by molar-refractivity contribution is -0.122. The molecule has 1 aromatic heterocycles. The number of aromatic nitrogens is 2. The molecule has 0 aliphatic heterocycles. The van der Waals surface area contributed by atoms with Crippen LogP contribution in [0, 0.1) is 6.92 Å². The Kier molecular flexibility index (Phi) is 5.88. The smallest absolute Gasteiger partial charge is 0.321 e. The molecule has 6 nitrogen and oxygen atoms in total. The van der Waals surface area contributed by atoms with E-state index in [1.807, 2.05) is 6.92 Å². The summed E-state index contributed by atoms with van der Waals surface area (Å²) in [6.45, 7) is 3.56. The molecule has 1 N–H and O–H groups in total. The molecule has 1 amide bonds. The SMILES string of the molecule is Cc1cc(Oc2ncccn2)ccc1NC(=O)C(C)Oc1ccc(Cl)cc1. The van der Waals surface area contributed by atoms with E-state index in [1.165, 1.54) is 0 Å². The Morgan fingerprint density at radius 1 is 1.07 bits per heavy atom. The number of hydrogen-bond donors (Lipinski definition) is 1. The van der Waals surface area contributed by atoms with Gasteiger partial charge in [0.25, 0.3) is 5.91 Å². The van der Waals surface area contributed by atoms with Gasteiger partial charge in [0.05, 0.1) is 0 Å². The number of nitrogens with zero attached hydrogens (tertiary/aromatic N) is 2. The van der Waals surface area contributed by atoms with Crippen LogP contribution in [0.3, 0.4) is 0 Å². The first-order valence-corrected chi connectivity index (χ1v) is 8.67. The van der Waals surface area contributed by atoms with E-state index in [0.29, 0.717) is 22.2 Å². The van der Waals surface area contributed by atoms with Crippen molar-refractivity contribution in [2.24, 2.45) is 0 Å². The maximum Gasteiger partial charge on any atom is 0.321 e. The molecule has 0 radical (unpaired) electrons. The van der Waals surface area contributed by atoms with Crippen molar-refractivity contribution < 1.29 is 14.3 Å². The van der Waals surface area contributed by atoms with E-state index in [4.69, 9.17) is 21.1 Å². The molecule has 27 heavy (non-hydrogen) atoms. The Morgan fingerprint density at radius 3 is 2.41 bits per heavy atom. The lowest BCUT2D eigenvalue weighted by Gasteiger charge is -2.16. The Morgan fingerprint density at radius 2 is 1.74 bits per heavy atom. The number of ether oxygens (including phenoxy) is 2. The molecule has 0 spiro atoms. The Bertz CT molecular complexity index is 918. The van der Waals surface area contributed by atoms with Gasteiger partial charge in [-0.3, -0.25) is 4.79 Å². The first kappa shape index (κ1) is 18.7.